The van der Waals surface area contributed by atoms with Crippen LogP contribution in [0.4, 0.5) is 0 Å². The second kappa shape index (κ2) is 8.30. The lowest BCUT2D eigenvalue weighted by Crippen LogP contribution is -2.51. The van der Waals surface area contributed by atoms with Crippen LogP contribution in [0.5, 0.6) is 0 Å². The first-order valence-electron chi connectivity index (χ1n) is 12.3. The molecule has 0 aromatic carbocycles. The van der Waals surface area contributed by atoms with Crippen LogP contribution < -0.4 is 0 Å². The smallest absolute Gasteiger partial charge is 0.157 e. The number of likely N-dealkylation sites (N-methyl/N-ethyl adjacent to an activating group) is 1. The van der Waals surface area contributed by atoms with Crippen molar-refractivity contribution in [1.82, 2.24) is 5.01 Å². The number of fused-ring (bicyclic) bond motifs is 5. The molecule has 4 rings (SSSR count). The van der Waals surface area contributed by atoms with Crippen molar-refractivity contribution in [1.29, 1.82) is 0 Å². The Balaban J connectivity index is 1.45. The van der Waals surface area contributed by atoms with Gasteiger partial charge in [0.25, 0.3) is 0 Å². The second-order valence-electron chi connectivity index (χ2n) is 11.1. The van der Waals surface area contributed by atoms with Crippen LogP contribution in [-0.4, -0.2) is 41.3 Å². The molecule has 0 aromatic rings. The van der Waals surface area contributed by atoms with E-state index in [9.17, 15) is 9.90 Å². The van der Waals surface area contributed by atoms with Crippen molar-refractivity contribution in [3.05, 3.63) is 0 Å². The fourth-order valence-electron chi connectivity index (χ4n) is 8.32. The predicted molar refractivity (Wildman–Crippen MR) is 121 cm³/mol. The number of nitrogens with zero attached hydrogens (tertiary/aromatic N) is 2. The van der Waals surface area contributed by atoms with Gasteiger partial charge in [-0.05, 0) is 99.2 Å². The summed E-state index contributed by atoms with van der Waals surface area (Å²) in [5.74, 6) is 6.73. The zero-order chi connectivity index (χ0) is 21.5. The molecule has 4 aliphatic carbocycles. The number of hydrogen-bond donors (Lipinski definition) is 1. The highest BCUT2D eigenvalue weighted by atomic mass is 16.3. The molecule has 4 saturated carbocycles. The summed E-state index contributed by atoms with van der Waals surface area (Å²) in [5, 5.41) is 16.7. The summed E-state index contributed by atoms with van der Waals surface area (Å²) < 4.78 is 0. The number of terminal acetylenes is 1. The Morgan fingerprint density at radius 2 is 1.93 bits per heavy atom. The summed E-state index contributed by atoms with van der Waals surface area (Å²) in [6, 6.07) is 0. The molecule has 0 heterocycles. The molecule has 0 aliphatic heterocycles. The largest absolute Gasteiger partial charge is 0.390 e. The average molecular weight is 413 g/mol. The van der Waals surface area contributed by atoms with Crippen molar-refractivity contribution < 1.29 is 9.90 Å². The number of hydrogen-bond acceptors (Lipinski definition) is 4. The summed E-state index contributed by atoms with van der Waals surface area (Å²) in [6.07, 6.45) is 18.1. The molecule has 0 bridgehead atoms. The molecular weight excluding hydrogens is 372 g/mol. The zero-order valence-electron chi connectivity index (χ0n) is 19.1. The van der Waals surface area contributed by atoms with Crippen LogP contribution in [0.25, 0.3) is 0 Å². The Labute approximate surface area is 182 Å². The van der Waals surface area contributed by atoms with Crippen LogP contribution in [-0.2, 0) is 4.79 Å². The monoisotopic (exact) mass is 412 g/mol. The van der Waals surface area contributed by atoms with Crippen LogP contribution in [0.1, 0.15) is 78.1 Å². The zero-order valence-corrected chi connectivity index (χ0v) is 19.1. The highest BCUT2D eigenvalue weighted by Crippen LogP contribution is 2.64. The Morgan fingerprint density at radius 1 is 1.17 bits per heavy atom. The summed E-state index contributed by atoms with van der Waals surface area (Å²) in [4.78, 5) is 13.2. The minimum Gasteiger partial charge on any atom is -0.390 e. The third-order valence-corrected chi connectivity index (χ3v) is 9.86. The fourth-order valence-corrected chi connectivity index (χ4v) is 8.32. The van der Waals surface area contributed by atoms with Crippen LogP contribution in [0.15, 0.2) is 5.10 Å². The Bertz CT molecular complexity index is 727. The van der Waals surface area contributed by atoms with Gasteiger partial charge in [-0.15, -0.1) is 6.42 Å². The molecule has 4 aliphatic rings. The normalized spacial score (nSPS) is 45.3. The third kappa shape index (κ3) is 3.72. The van der Waals surface area contributed by atoms with Gasteiger partial charge in [0.2, 0.25) is 0 Å². The van der Waals surface area contributed by atoms with Crippen molar-refractivity contribution in [3.63, 3.8) is 0 Å². The first-order valence-corrected chi connectivity index (χ1v) is 12.3. The molecule has 4 nitrogen and oxygen atoms in total. The van der Waals surface area contributed by atoms with Gasteiger partial charge in [0.1, 0.15) is 0 Å². The van der Waals surface area contributed by atoms with Gasteiger partial charge in [0.05, 0.1) is 18.4 Å². The third-order valence-electron chi connectivity index (χ3n) is 9.86. The van der Waals surface area contributed by atoms with Crippen LogP contribution in [0.3, 0.4) is 0 Å². The molecule has 8 atom stereocenters. The summed E-state index contributed by atoms with van der Waals surface area (Å²) in [5.41, 5.74) is -0.253. The number of aliphatic hydroxyl groups is 1. The highest BCUT2D eigenvalue weighted by Gasteiger charge is 2.58. The molecule has 0 amide bonds. The lowest BCUT2D eigenvalue weighted by molar-refractivity contribution is -0.133. The van der Waals surface area contributed by atoms with Gasteiger partial charge in [0.15, 0.2) is 5.78 Å². The maximum absolute atomic E-state index is 13.2. The van der Waals surface area contributed by atoms with E-state index in [1.165, 1.54) is 44.7 Å². The van der Waals surface area contributed by atoms with Gasteiger partial charge in [-0.1, -0.05) is 19.8 Å². The fraction of sp³-hybridized carbons (Fsp3) is 0.846. The van der Waals surface area contributed by atoms with E-state index in [0.717, 1.165) is 49.4 Å². The predicted octanol–water partition coefficient (Wildman–Crippen LogP) is 4.52. The average Bonchev–Trinajstić information content (AvgIpc) is 3.09. The summed E-state index contributed by atoms with van der Waals surface area (Å²) in [6.45, 7) is 4.92. The first-order chi connectivity index (χ1) is 14.3. The van der Waals surface area contributed by atoms with Crippen LogP contribution in [0, 0.1) is 53.3 Å². The van der Waals surface area contributed by atoms with Crippen molar-refractivity contribution in [2.45, 2.75) is 83.7 Å². The minimum absolute atomic E-state index is 0.153. The molecule has 166 valence electrons. The number of ketones is 1. The van der Waals surface area contributed by atoms with Crippen molar-refractivity contribution in [2.24, 2.45) is 46.0 Å². The molecule has 0 unspecified atom stereocenters. The Kier molecular flexibility index (Phi) is 6.05. The van der Waals surface area contributed by atoms with E-state index >= 15 is 0 Å². The molecule has 1 N–H and O–H groups in total. The Morgan fingerprint density at radius 3 is 2.67 bits per heavy atom. The summed E-state index contributed by atoms with van der Waals surface area (Å²) >= 11 is 0. The highest BCUT2D eigenvalue weighted by molar-refractivity contribution is 5.84. The lowest BCUT2D eigenvalue weighted by atomic mass is 9.48. The number of carbonyl (C=O) groups is 1. The van der Waals surface area contributed by atoms with Gasteiger partial charge < -0.3 is 5.11 Å². The molecule has 0 spiro atoms. The van der Waals surface area contributed by atoms with E-state index in [1.807, 2.05) is 7.05 Å². The van der Waals surface area contributed by atoms with E-state index < -0.39 is 5.60 Å². The maximum Gasteiger partial charge on any atom is 0.157 e. The number of carbonyl (C=O) groups excluding carboxylic acids is 1. The number of hydrazone groups is 1. The van der Waals surface area contributed by atoms with Crippen molar-refractivity contribution >= 4 is 12.0 Å². The molecule has 30 heavy (non-hydrogen) atoms. The van der Waals surface area contributed by atoms with Gasteiger partial charge in [-0.25, -0.2) is 0 Å². The van der Waals surface area contributed by atoms with Crippen molar-refractivity contribution in [3.8, 4) is 12.3 Å². The van der Waals surface area contributed by atoms with Gasteiger partial charge in [0, 0.05) is 13.0 Å². The van der Waals surface area contributed by atoms with E-state index in [0.29, 0.717) is 18.2 Å². The van der Waals surface area contributed by atoms with E-state index in [1.54, 1.807) is 5.01 Å². The Hall–Kier alpha value is -1.34. The molecule has 0 radical (unpaired) electrons. The van der Waals surface area contributed by atoms with Gasteiger partial charge in [-0.2, -0.15) is 5.10 Å². The first kappa shape index (κ1) is 21.9. The van der Waals surface area contributed by atoms with Crippen molar-refractivity contribution in [2.75, 3.05) is 13.6 Å². The number of Topliss-reactive ketones (excluding diaryl/α,β-unsaturated/α-hetero) is 1. The minimum atomic E-state index is -0.407. The van der Waals surface area contributed by atoms with E-state index in [4.69, 9.17) is 6.42 Å². The quantitative estimate of drug-likeness (QED) is 0.410. The second-order valence-corrected chi connectivity index (χ2v) is 11.1. The van der Waals surface area contributed by atoms with E-state index in [-0.39, 0.29) is 11.3 Å². The van der Waals surface area contributed by atoms with Gasteiger partial charge >= 0.3 is 0 Å². The lowest BCUT2D eigenvalue weighted by Gasteiger charge is -2.57. The SMILES string of the molecule is C#C/C=N\N(C)CC(=O)[C@H]1CC[C@H]2[C@@H]3CC[C@@H]4C[C@@](O)(CC)CC[C@@H]4[C@H]3CC[C@]12C. The van der Waals surface area contributed by atoms with E-state index in [2.05, 4.69) is 24.9 Å². The van der Waals surface area contributed by atoms with Gasteiger partial charge in [-0.3, -0.25) is 9.80 Å². The van der Waals surface area contributed by atoms with Crippen LogP contribution in [0.2, 0.25) is 0 Å². The standard InChI is InChI=1S/C26H40N2O2/c1-5-15-27-28(4)17-24(29)23-10-9-22-21-8-7-18-16-26(30,6-2)14-12-19(18)20(21)11-13-25(22,23)3/h1,15,18-23,30H,6-14,16-17H2,2-4H3/b27-15-/t18-,19+,20-,21-,22+,23-,25+,26-/m1/s1. The maximum atomic E-state index is 13.2. The molecule has 0 aromatic heterocycles. The molecular formula is C26H40N2O2. The van der Waals surface area contributed by atoms with Crippen LogP contribution >= 0.6 is 0 Å². The molecule has 4 heteroatoms. The topological polar surface area (TPSA) is 52.9 Å². The molecule has 4 fully saturated rings. The summed E-state index contributed by atoms with van der Waals surface area (Å²) in [7, 11) is 1.83. The number of rotatable bonds is 5. The molecule has 0 saturated heterocycles.